The Hall–Kier alpha value is -1.56. The van der Waals surface area contributed by atoms with Crippen LogP contribution in [0.15, 0.2) is 6.20 Å². The number of ether oxygens (including phenoxy) is 1. The molecule has 0 aromatic carbocycles. The van der Waals surface area contributed by atoms with Gasteiger partial charge in [-0.2, -0.15) is 0 Å². The maximum atomic E-state index is 12.4. The molecule has 1 N–H and O–H groups in total. The van der Waals surface area contributed by atoms with Crippen molar-refractivity contribution in [3.05, 3.63) is 11.9 Å². The average Bonchev–Trinajstić information content (AvgIpc) is 2.92. The third-order valence-corrected chi connectivity index (χ3v) is 4.48. The highest BCUT2D eigenvalue weighted by atomic mass is 16.5. The van der Waals surface area contributed by atoms with E-state index in [0.717, 1.165) is 24.5 Å². The first-order chi connectivity index (χ1) is 11.0. The third-order valence-electron chi connectivity index (χ3n) is 4.48. The lowest BCUT2D eigenvalue weighted by molar-refractivity contribution is -0.138. The number of aromatic nitrogens is 2. The third kappa shape index (κ3) is 4.70. The number of amides is 1. The van der Waals surface area contributed by atoms with E-state index in [-0.39, 0.29) is 18.1 Å². The second-order valence-electron chi connectivity index (χ2n) is 6.51. The molecule has 0 radical (unpaired) electrons. The van der Waals surface area contributed by atoms with Crippen LogP contribution in [0.3, 0.4) is 0 Å². The summed E-state index contributed by atoms with van der Waals surface area (Å²) in [4.78, 5) is 18.7. The maximum Gasteiger partial charge on any atom is 0.249 e. The van der Waals surface area contributed by atoms with Crippen molar-refractivity contribution < 1.29 is 9.53 Å². The zero-order chi connectivity index (χ0) is 16.8. The maximum absolute atomic E-state index is 12.4. The fourth-order valence-electron chi connectivity index (χ4n) is 3.08. The summed E-state index contributed by atoms with van der Waals surface area (Å²) in [5.41, 5.74) is 0.981. The number of nitrogens with zero attached hydrogens (tertiary/aromatic N) is 3. The number of hydrogen-bond acceptors (Lipinski definition) is 4. The van der Waals surface area contributed by atoms with Crippen LogP contribution in [0.4, 0.5) is 5.95 Å². The Morgan fingerprint density at radius 1 is 1.43 bits per heavy atom. The lowest BCUT2D eigenvalue weighted by Gasteiger charge is -2.26. The Kier molecular flexibility index (Phi) is 6.45. The SMILES string of the molecule is CCC(OC1CCCCC1)C(=O)NCc1cnc(N(C)C)n1C. The van der Waals surface area contributed by atoms with Crippen molar-refractivity contribution in [1.82, 2.24) is 14.9 Å². The van der Waals surface area contributed by atoms with Crippen molar-refractivity contribution in [2.75, 3.05) is 19.0 Å². The molecule has 1 aliphatic carbocycles. The highest BCUT2D eigenvalue weighted by Gasteiger charge is 2.23. The van der Waals surface area contributed by atoms with Gasteiger partial charge < -0.3 is 19.5 Å². The number of anilines is 1. The van der Waals surface area contributed by atoms with Crippen LogP contribution in [0.5, 0.6) is 0 Å². The Morgan fingerprint density at radius 3 is 2.70 bits per heavy atom. The highest BCUT2D eigenvalue weighted by Crippen LogP contribution is 2.22. The molecule has 0 saturated heterocycles. The summed E-state index contributed by atoms with van der Waals surface area (Å²) in [6.07, 6.45) is 8.29. The monoisotopic (exact) mass is 322 g/mol. The zero-order valence-corrected chi connectivity index (χ0v) is 14.8. The molecular weight excluding hydrogens is 292 g/mol. The molecule has 1 heterocycles. The van der Waals surface area contributed by atoms with Gasteiger partial charge >= 0.3 is 0 Å². The number of carbonyl (C=O) groups is 1. The van der Waals surface area contributed by atoms with Gasteiger partial charge in [0, 0.05) is 21.1 Å². The molecule has 1 aromatic rings. The van der Waals surface area contributed by atoms with E-state index in [1.807, 2.05) is 37.5 Å². The van der Waals surface area contributed by atoms with Gasteiger partial charge in [-0.25, -0.2) is 4.98 Å². The summed E-state index contributed by atoms with van der Waals surface area (Å²) >= 11 is 0. The van der Waals surface area contributed by atoms with Crippen molar-refractivity contribution in [3.8, 4) is 0 Å². The molecule has 23 heavy (non-hydrogen) atoms. The quantitative estimate of drug-likeness (QED) is 0.836. The summed E-state index contributed by atoms with van der Waals surface area (Å²) in [5, 5.41) is 2.99. The van der Waals surface area contributed by atoms with Gasteiger partial charge in [-0.3, -0.25) is 4.79 Å². The second kappa shape index (κ2) is 8.34. The standard InChI is InChI=1S/C17H30N4O2/c1-5-15(23-14-9-7-6-8-10-14)16(22)18-11-13-12-19-17(20(2)3)21(13)4/h12,14-15H,5-11H2,1-4H3,(H,18,22). The molecule has 6 heteroatoms. The van der Waals surface area contributed by atoms with Gasteiger partial charge in [-0.1, -0.05) is 26.2 Å². The van der Waals surface area contributed by atoms with Gasteiger partial charge in [0.25, 0.3) is 0 Å². The normalized spacial score (nSPS) is 17.0. The van der Waals surface area contributed by atoms with Gasteiger partial charge in [-0.05, 0) is 19.3 Å². The van der Waals surface area contributed by atoms with E-state index in [4.69, 9.17) is 4.74 Å². The molecule has 130 valence electrons. The minimum atomic E-state index is -0.348. The molecule has 2 rings (SSSR count). The van der Waals surface area contributed by atoms with Crippen LogP contribution in [-0.4, -0.2) is 41.8 Å². The van der Waals surface area contributed by atoms with Gasteiger partial charge in [0.05, 0.1) is 24.5 Å². The van der Waals surface area contributed by atoms with E-state index in [0.29, 0.717) is 13.0 Å². The molecule has 1 amide bonds. The predicted molar refractivity (Wildman–Crippen MR) is 91.4 cm³/mol. The Morgan fingerprint density at radius 2 is 2.13 bits per heavy atom. The molecule has 0 spiro atoms. The first-order valence-electron chi connectivity index (χ1n) is 8.64. The summed E-state index contributed by atoms with van der Waals surface area (Å²) in [5.74, 6) is 0.852. The highest BCUT2D eigenvalue weighted by molar-refractivity contribution is 5.80. The fraction of sp³-hybridized carbons (Fsp3) is 0.765. The zero-order valence-electron chi connectivity index (χ0n) is 14.8. The largest absolute Gasteiger partial charge is 0.365 e. The number of imidazole rings is 1. The van der Waals surface area contributed by atoms with Crippen molar-refractivity contribution in [2.24, 2.45) is 7.05 Å². The molecule has 1 aliphatic rings. The molecule has 1 atom stereocenters. The Bertz CT molecular complexity index is 507. The summed E-state index contributed by atoms with van der Waals surface area (Å²) in [7, 11) is 5.87. The summed E-state index contributed by atoms with van der Waals surface area (Å²) in [6, 6.07) is 0. The van der Waals surface area contributed by atoms with Crippen molar-refractivity contribution in [3.63, 3.8) is 0 Å². The average molecular weight is 322 g/mol. The Balaban J connectivity index is 1.86. The number of carbonyl (C=O) groups excluding carboxylic acids is 1. The second-order valence-corrected chi connectivity index (χ2v) is 6.51. The van der Waals surface area contributed by atoms with Crippen LogP contribution in [-0.2, 0) is 23.1 Å². The lowest BCUT2D eigenvalue weighted by Crippen LogP contribution is -2.38. The molecule has 1 fully saturated rings. The summed E-state index contributed by atoms with van der Waals surface area (Å²) < 4.78 is 8.01. The van der Waals surface area contributed by atoms with E-state index in [2.05, 4.69) is 10.3 Å². The van der Waals surface area contributed by atoms with E-state index < -0.39 is 0 Å². The Labute approximate surface area is 139 Å². The van der Waals surface area contributed by atoms with Crippen LogP contribution >= 0.6 is 0 Å². The summed E-state index contributed by atoms with van der Waals surface area (Å²) in [6.45, 7) is 2.47. The molecule has 1 aromatic heterocycles. The van der Waals surface area contributed by atoms with E-state index in [9.17, 15) is 4.79 Å². The number of rotatable bonds is 7. The first kappa shape index (κ1) is 17.8. The predicted octanol–water partition coefficient (Wildman–Crippen LogP) is 2.23. The van der Waals surface area contributed by atoms with Gasteiger partial charge in [0.2, 0.25) is 11.9 Å². The van der Waals surface area contributed by atoms with Crippen LogP contribution in [0.2, 0.25) is 0 Å². The number of hydrogen-bond donors (Lipinski definition) is 1. The fourth-order valence-corrected chi connectivity index (χ4v) is 3.08. The smallest absolute Gasteiger partial charge is 0.249 e. The molecule has 0 bridgehead atoms. The van der Waals surface area contributed by atoms with Crippen LogP contribution in [0, 0.1) is 0 Å². The lowest BCUT2D eigenvalue weighted by atomic mass is 9.97. The van der Waals surface area contributed by atoms with E-state index in [1.165, 1.54) is 19.3 Å². The minimum Gasteiger partial charge on any atom is -0.365 e. The van der Waals surface area contributed by atoms with Crippen molar-refractivity contribution >= 4 is 11.9 Å². The van der Waals surface area contributed by atoms with Crippen molar-refractivity contribution in [1.29, 1.82) is 0 Å². The van der Waals surface area contributed by atoms with Gasteiger partial charge in [0.1, 0.15) is 6.10 Å². The van der Waals surface area contributed by atoms with Crippen LogP contribution in [0.25, 0.3) is 0 Å². The topological polar surface area (TPSA) is 59.4 Å². The van der Waals surface area contributed by atoms with E-state index >= 15 is 0 Å². The van der Waals surface area contributed by atoms with Crippen LogP contribution in [0.1, 0.15) is 51.1 Å². The molecule has 0 aliphatic heterocycles. The van der Waals surface area contributed by atoms with Crippen LogP contribution < -0.4 is 10.2 Å². The van der Waals surface area contributed by atoms with Gasteiger partial charge in [0.15, 0.2) is 0 Å². The minimum absolute atomic E-state index is 0.0225. The molecular formula is C17H30N4O2. The molecule has 6 nitrogen and oxygen atoms in total. The number of nitrogens with one attached hydrogen (secondary N) is 1. The van der Waals surface area contributed by atoms with E-state index in [1.54, 1.807) is 6.20 Å². The van der Waals surface area contributed by atoms with Gasteiger partial charge in [-0.15, -0.1) is 0 Å². The van der Waals surface area contributed by atoms with Crippen molar-refractivity contribution in [2.45, 2.75) is 64.2 Å². The first-order valence-corrected chi connectivity index (χ1v) is 8.64. The molecule has 1 unspecified atom stereocenters. The molecule has 1 saturated carbocycles.